The Morgan fingerprint density at radius 3 is 2.71 bits per heavy atom. The fraction of sp³-hybridized carbons (Fsp3) is 0.125. The average Bonchev–Trinajstić information content (AvgIpc) is 2.71. The Labute approximate surface area is 122 Å². The number of amides is 1. The summed E-state index contributed by atoms with van der Waals surface area (Å²) < 4.78 is 0. The minimum atomic E-state index is -0.110. The summed E-state index contributed by atoms with van der Waals surface area (Å²) in [6.45, 7) is 1.97. The van der Waals surface area contributed by atoms with Crippen LogP contribution in [0, 0.1) is 6.92 Å². The zero-order valence-corrected chi connectivity index (χ0v) is 11.6. The van der Waals surface area contributed by atoms with E-state index < -0.39 is 0 Å². The monoisotopic (exact) mass is 278 g/mol. The maximum absolute atomic E-state index is 11.8. The van der Waals surface area contributed by atoms with E-state index in [2.05, 4.69) is 20.3 Å². The summed E-state index contributed by atoms with van der Waals surface area (Å²) in [7, 11) is 0. The fourth-order valence-electron chi connectivity index (χ4n) is 2.00. The lowest BCUT2D eigenvalue weighted by molar-refractivity contribution is -0.118. The van der Waals surface area contributed by atoms with Crippen molar-refractivity contribution in [3.63, 3.8) is 0 Å². The highest BCUT2D eigenvalue weighted by Crippen LogP contribution is 2.17. The van der Waals surface area contributed by atoms with Crippen molar-refractivity contribution in [1.82, 2.24) is 15.3 Å². The van der Waals surface area contributed by atoms with E-state index in [9.17, 15) is 4.79 Å². The minimum absolute atomic E-state index is 0.110. The second kappa shape index (κ2) is 5.66. The van der Waals surface area contributed by atoms with E-state index in [4.69, 9.17) is 0 Å². The van der Waals surface area contributed by atoms with Gasteiger partial charge in [0.2, 0.25) is 5.91 Å². The number of nitrogens with zero attached hydrogens (tertiary/aromatic N) is 3. The van der Waals surface area contributed by atoms with Crippen molar-refractivity contribution in [3.05, 3.63) is 65.9 Å². The number of aromatic nitrogens is 2. The highest BCUT2D eigenvalue weighted by molar-refractivity contribution is 6.12. The number of carbonyl (C=O) groups is 1. The number of aliphatic imine (C=N–C) groups is 1. The normalized spacial score (nSPS) is 14.8. The Balaban J connectivity index is 2.02. The minimum Gasteiger partial charge on any atom is -0.330 e. The molecule has 0 bridgehead atoms. The summed E-state index contributed by atoms with van der Waals surface area (Å²) in [5, 5.41) is 2.72. The van der Waals surface area contributed by atoms with Crippen LogP contribution in [0.3, 0.4) is 0 Å². The number of pyridine rings is 2. The summed E-state index contributed by atoms with van der Waals surface area (Å²) in [4.78, 5) is 25.0. The molecular formula is C16H14N4O. The third-order valence-corrected chi connectivity index (χ3v) is 3.09. The highest BCUT2D eigenvalue weighted by Gasteiger charge is 2.16. The molecule has 1 aliphatic heterocycles. The maximum atomic E-state index is 11.8. The van der Waals surface area contributed by atoms with Crippen molar-refractivity contribution in [2.45, 2.75) is 13.3 Å². The maximum Gasteiger partial charge on any atom is 0.230 e. The summed E-state index contributed by atoms with van der Waals surface area (Å²) in [5.41, 5.74) is 3.76. The zero-order valence-electron chi connectivity index (χ0n) is 11.6. The van der Waals surface area contributed by atoms with Crippen LogP contribution in [0.5, 0.6) is 0 Å². The smallest absolute Gasteiger partial charge is 0.230 e. The summed E-state index contributed by atoms with van der Waals surface area (Å²) in [6, 6.07) is 9.40. The molecule has 0 fully saturated rings. The first-order chi connectivity index (χ1) is 10.2. The molecule has 5 nitrogen and oxygen atoms in total. The number of aryl methyl sites for hydroxylation is 1. The SMILES string of the molecule is Cc1ccc(C2=CNC(=O)CC(c3ccccn3)=N2)nc1. The molecule has 2 aromatic rings. The Morgan fingerprint density at radius 1 is 1.10 bits per heavy atom. The van der Waals surface area contributed by atoms with Gasteiger partial charge in [-0.25, -0.2) is 4.99 Å². The van der Waals surface area contributed by atoms with Gasteiger partial charge in [-0.15, -0.1) is 0 Å². The Hall–Kier alpha value is -2.82. The van der Waals surface area contributed by atoms with Gasteiger partial charge in [0.1, 0.15) is 5.70 Å². The summed E-state index contributed by atoms with van der Waals surface area (Å²) in [6.07, 6.45) is 5.26. The van der Waals surface area contributed by atoms with E-state index >= 15 is 0 Å². The molecular weight excluding hydrogens is 264 g/mol. The molecule has 21 heavy (non-hydrogen) atoms. The van der Waals surface area contributed by atoms with Crippen molar-refractivity contribution in [2.24, 2.45) is 4.99 Å². The molecule has 0 spiro atoms. The van der Waals surface area contributed by atoms with Crippen LogP contribution in [-0.4, -0.2) is 21.6 Å². The predicted octanol–water partition coefficient (Wildman–Crippen LogP) is 2.09. The molecule has 3 rings (SSSR count). The van der Waals surface area contributed by atoms with Crippen molar-refractivity contribution in [3.8, 4) is 0 Å². The number of hydrogen-bond acceptors (Lipinski definition) is 4. The highest BCUT2D eigenvalue weighted by atomic mass is 16.1. The molecule has 0 saturated heterocycles. The molecule has 0 unspecified atom stereocenters. The van der Waals surface area contributed by atoms with Crippen LogP contribution in [0.2, 0.25) is 0 Å². The standard InChI is InChI=1S/C16H14N4O/c1-11-5-6-13(18-9-11)15-10-19-16(21)8-14(20-15)12-4-2-3-7-17-12/h2-7,9-10H,8H2,1H3,(H,19,21). The zero-order chi connectivity index (χ0) is 14.7. The summed E-state index contributed by atoms with van der Waals surface area (Å²) >= 11 is 0. The third kappa shape index (κ3) is 3.02. The quantitative estimate of drug-likeness (QED) is 0.914. The van der Waals surface area contributed by atoms with Gasteiger partial charge in [0, 0.05) is 18.6 Å². The van der Waals surface area contributed by atoms with Gasteiger partial charge in [0.15, 0.2) is 0 Å². The van der Waals surface area contributed by atoms with Crippen molar-refractivity contribution < 1.29 is 4.79 Å². The van der Waals surface area contributed by atoms with Crippen LogP contribution in [0.4, 0.5) is 0 Å². The Kier molecular flexibility index (Phi) is 3.55. The number of carbonyl (C=O) groups excluding carboxylic acids is 1. The third-order valence-electron chi connectivity index (χ3n) is 3.09. The molecule has 0 radical (unpaired) electrons. The van der Waals surface area contributed by atoms with Gasteiger partial charge in [-0.2, -0.15) is 0 Å². The van der Waals surface area contributed by atoms with E-state index in [1.807, 2.05) is 37.3 Å². The first-order valence-electron chi connectivity index (χ1n) is 6.64. The first kappa shape index (κ1) is 13.2. The lowest BCUT2D eigenvalue weighted by atomic mass is 10.1. The topological polar surface area (TPSA) is 67.2 Å². The van der Waals surface area contributed by atoms with Crippen molar-refractivity contribution in [2.75, 3.05) is 0 Å². The molecule has 1 amide bonds. The fourth-order valence-corrected chi connectivity index (χ4v) is 2.00. The average molecular weight is 278 g/mol. The second-order valence-corrected chi connectivity index (χ2v) is 4.77. The van der Waals surface area contributed by atoms with Gasteiger partial charge in [0.05, 0.1) is 23.5 Å². The van der Waals surface area contributed by atoms with Crippen molar-refractivity contribution >= 4 is 17.3 Å². The van der Waals surface area contributed by atoms with Crippen LogP contribution in [0.25, 0.3) is 5.70 Å². The van der Waals surface area contributed by atoms with E-state index in [1.165, 1.54) is 0 Å². The van der Waals surface area contributed by atoms with E-state index in [0.717, 1.165) is 11.3 Å². The molecule has 104 valence electrons. The number of hydrogen-bond donors (Lipinski definition) is 1. The molecule has 5 heteroatoms. The van der Waals surface area contributed by atoms with Crippen LogP contribution in [-0.2, 0) is 4.79 Å². The second-order valence-electron chi connectivity index (χ2n) is 4.77. The van der Waals surface area contributed by atoms with Crippen LogP contribution < -0.4 is 5.32 Å². The van der Waals surface area contributed by atoms with E-state index in [-0.39, 0.29) is 12.3 Å². The van der Waals surface area contributed by atoms with Gasteiger partial charge < -0.3 is 5.32 Å². The molecule has 2 aromatic heterocycles. The molecule has 3 heterocycles. The molecule has 0 aliphatic carbocycles. The lowest BCUT2D eigenvalue weighted by Gasteiger charge is -2.04. The predicted molar refractivity (Wildman–Crippen MR) is 80.5 cm³/mol. The van der Waals surface area contributed by atoms with Crippen molar-refractivity contribution in [1.29, 1.82) is 0 Å². The Morgan fingerprint density at radius 2 is 2.00 bits per heavy atom. The van der Waals surface area contributed by atoms with Crippen LogP contribution >= 0.6 is 0 Å². The van der Waals surface area contributed by atoms with Crippen LogP contribution in [0.15, 0.2) is 53.9 Å². The van der Waals surface area contributed by atoms with Crippen LogP contribution in [0.1, 0.15) is 23.4 Å². The molecule has 1 aliphatic rings. The van der Waals surface area contributed by atoms with Gasteiger partial charge in [-0.1, -0.05) is 12.1 Å². The number of rotatable bonds is 2. The van der Waals surface area contributed by atoms with Gasteiger partial charge >= 0.3 is 0 Å². The largest absolute Gasteiger partial charge is 0.330 e. The van der Waals surface area contributed by atoms with Gasteiger partial charge in [0.25, 0.3) is 0 Å². The summed E-state index contributed by atoms with van der Waals surface area (Å²) in [5.74, 6) is -0.110. The molecule has 1 N–H and O–H groups in total. The molecule has 0 aromatic carbocycles. The van der Waals surface area contributed by atoms with E-state index in [0.29, 0.717) is 17.1 Å². The lowest BCUT2D eigenvalue weighted by Crippen LogP contribution is -2.19. The van der Waals surface area contributed by atoms with E-state index in [1.54, 1.807) is 18.6 Å². The molecule has 0 atom stereocenters. The first-order valence-corrected chi connectivity index (χ1v) is 6.64. The van der Waals surface area contributed by atoms with Gasteiger partial charge in [-0.3, -0.25) is 14.8 Å². The number of nitrogens with one attached hydrogen (secondary N) is 1. The molecule has 0 saturated carbocycles. The van der Waals surface area contributed by atoms with Gasteiger partial charge in [-0.05, 0) is 30.7 Å². The Bertz CT molecular complexity index is 718.